The largest absolute Gasteiger partial charge is 0.279 e. The summed E-state index contributed by atoms with van der Waals surface area (Å²) in [5, 5.41) is 0. The fraction of sp³-hybridized carbons (Fsp3) is 0.143. The standard InChI is InChI=1S/C14H13BrN2O2S2/c1-9-4-2-3-5-10(9)20-8-13(18)16-17-14(19)11-6-7-12(15)21-11/h2-7H,8H2,1H3,(H,16,18)(H,17,19). The lowest BCUT2D eigenvalue weighted by atomic mass is 10.2. The zero-order chi connectivity index (χ0) is 15.2. The first kappa shape index (κ1) is 16.1. The number of hydrogen-bond donors (Lipinski definition) is 2. The molecule has 110 valence electrons. The lowest BCUT2D eigenvalue weighted by Gasteiger charge is -2.07. The van der Waals surface area contributed by atoms with Gasteiger partial charge in [0, 0.05) is 4.90 Å². The Bertz CT molecular complexity index is 658. The zero-order valence-electron chi connectivity index (χ0n) is 11.2. The number of thioether (sulfide) groups is 1. The van der Waals surface area contributed by atoms with Gasteiger partial charge in [0.1, 0.15) is 0 Å². The molecule has 21 heavy (non-hydrogen) atoms. The van der Waals surface area contributed by atoms with Crippen LogP contribution in [0.5, 0.6) is 0 Å². The molecule has 1 aromatic heterocycles. The van der Waals surface area contributed by atoms with Crippen molar-refractivity contribution in [3.63, 3.8) is 0 Å². The molecule has 0 unspecified atom stereocenters. The highest BCUT2D eigenvalue weighted by Crippen LogP contribution is 2.22. The lowest BCUT2D eigenvalue weighted by molar-refractivity contribution is -0.119. The minimum Gasteiger partial charge on any atom is -0.272 e. The van der Waals surface area contributed by atoms with E-state index < -0.39 is 0 Å². The summed E-state index contributed by atoms with van der Waals surface area (Å²) in [7, 11) is 0. The second kappa shape index (κ2) is 7.63. The maximum absolute atomic E-state index is 11.7. The van der Waals surface area contributed by atoms with Crippen LogP contribution in [0.1, 0.15) is 15.2 Å². The summed E-state index contributed by atoms with van der Waals surface area (Å²) in [6.07, 6.45) is 0. The number of rotatable bonds is 4. The highest BCUT2D eigenvalue weighted by molar-refractivity contribution is 9.11. The second-order valence-electron chi connectivity index (χ2n) is 4.16. The summed E-state index contributed by atoms with van der Waals surface area (Å²) in [6, 6.07) is 11.3. The van der Waals surface area contributed by atoms with Gasteiger partial charge in [0.2, 0.25) is 5.91 Å². The van der Waals surface area contributed by atoms with E-state index in [1.165, 1.54) is 23.1 Å². The topological polar surface area (TPSA) is 58.2 Å². The van der Waals surface area contributed by atoms with Crippen LogP contribution in [0.3, 0.4) is 0 Å². The third-order valence-corrected chi connectivity index (χ3v) is 5.36. The SMILES string of the molecule is Cc1ccccc1SCC(=O)NNC(=O)c1ccc(Br)s1. The average Bonchev–Trinajstić information content (AvgIpc) is 2.90. The molecule has 2 rings (SSSR count). The average molecular weight is 385 g/mol. The Morgan fingerprint density at radius 1 is 1.19 bits per heavy atom. The van der Waals surface area contributed by atoms with Crippen LogP contribution in [0.2, 0.25) is 0 Å². The van der Waals surface area contributed by atoms with E-state index in [1.807, 2.05) is 31.2 Å². The quantitative estimate of drug-likeness (QED) is 0.627. The first-order valence-electron chi connectivity index (χ1n) is 6.09. The molecule has 1 heterocycles. The monoisotopic (exact) mass is 384 g/mol. The predicted octanol–water partition coefficient (Wildman–Crippen LogP) is 3.37. The Hall–Kier alpha value is -1.31. The van der Waals surface area contributed by atoms with Crippen LogP contribution in [-0.2, 0) is 4.79 Å². The van der Waals surface area contributed by atoms with Crippen molar-refractivity contribution < 1.29 is 9.59 Å². The van der Waals surface area contributed by atoms with Crippen molar-refractivity contribution in [2.75, 3.05) is 5.75 Å². The summed E-state index contributed by atoms with van der Waals surface area (Å²) >= 11 is 6.03. The van der Waals surface area contributed by atoms with Crippen LogP contribution >= 0.6 is 39.0 Å². The Morgan fingerprint density at radius 2 is 1.95 bits per heavy atom. The molecule has 2 amide bonds. The molecular weight excluding hydrogens is 372 g/mol. The Labute approximate surface area is 139 Å². The number of aryl methyl sites for hydroxylation is 1. The fourth-order valence-electron chi connectivity index (χ4n) is 1.52. The molecule has 7 heteroatoms. The van der Waals surface area contributed by atoms with E-state index in [-0.39, 0.29) is 17.6 Å². The number of halogens is 1. The molecule has 0 radical (unpaired) electrons. The van der Waals surface area contributed by atoms with Gasteiger partial charge in [-0.1, -0.05) is 18.2 Å². The van der Waals surface area contributed by atoms with Gasteiger partial charge in [0.25, 0.3) is 5.91 Å². The first-order valence-corrected chi connectivity index (χ1v) is 8.68. The molecule has 0 fully saturated rings. The third-order valence-electron chi connectivity index (χ3n) is 2.56. The Morgan fingerprint density at radius 3 is 2.62 bits per heavy atom. The summed E-state index contributed by atoms with van der Waals surface area (Å²) in [4.78, 5) is 25.1. The van der Waals surface area contributed by atoms with E-state index in [0.717, 1.165) is 14.2 Å². The Balaban J connectivity index is 1.78. The third kappa shape index (κ3) is 4.87. The first-order chi connectivity index (χ1) is 10.1. The molecule has 1 aromatic carbocycles. The van der Waals surface area contributed by atoms with Crippen molar-refractivity contribution in [3.05, 3.63) is 50.6 Å². The highest BCUT2D eigenvalue weighted by atomic mass is 79.9. The molecule has 0 spiro atoms. The number of thiophene rings is 1. The fourth-order valence-corrected chi connectivity index (χ4v) is 3.63. The van der Waals surface area contributed by atoms with Crippen LogP contribution in [0, 0.1) is 6.92 Å². The molecule has 0 atom stereocenters. The minimum atomic E-state index is -0.319. The molecule has 4 nitrogen and oxygen atoms in total. The summed E-state index contributed by atoms with van der Waals surface area (Å²) in [6.45, 7) is 2.00. The van der Waals surface area contributed by atoms with E-state index >= 15 is 0 Å². The van der Waals surface area contributed by atoms with E-state index in [2.05, 4.69) is 26.8 Å². The molecule has 0 saturated carbocycles. The van der Waals surface area contributed by atoms with Gasteiger partial charge in [-0.05, 0) is 46.6 Å². The van der Waals surface area contributed by atoms with Crippen LogP contribution in [-0.4, -0.2) is 17.6 Å². The maximum atomic E-state index is 11.7. The minimum absolute atomic E-state index is 0.243. The van der Waals surface area contributed by atoms with Gasteiger partial charge in [0.15, 0.2) is 0 Å². The van der Waals surface area contributed by atoms with Crippen LogP contribution in [0.4, 0.5) is 0 Å². The second-order valence-corrected chi connectivity index (χ2v) is 7.64. The van der Waals surface area contributed by atoms with Gasteiger partial charge in [-0.15, -0.1) is 23.1 Å². The van der Waals surface area contributed by atoms with Crippen molar-refractivity contribution in [2.24, 2.45) is 0 Å². The van der Waals surface area contributed by atoms with E-state index in [4.69, 9.17) is 0 Å². The van der Waals surface area contributed by atoms with Crippen molar-refractivity contribution >= 4 is 50.8 Å². The Kier molecular flexibility index (Phi) is 5.84. The van der Waals surface area contributed by atoms with E-state index in [0.29, 0.717) is 4.88 Å². The van der Waals surface area contributed by atoms with Crippen molar-refractivity contribution in [1.82, 2.24) is 10.9 Å². The number of amides is 2. The van der Waals surface area contributed by atoms with E-state index in [9.17, 15) is 9.59 Å². The number of carbonyl (C=O) groups excluding carboxylic acids is 2. The van der Waals surface area contributed by atoms with Crippen molar-refractivity contribution in [2.45, 2.75) is 11.8 Å². The van der Waals surface area contributed by atoms with Gasteiger partial charge >= 0.3 is 0 Å². The van der Waals surface area contributed by atoms with Gasteiger partial charge in [0.05, 0.1) is 14.4 Å². The number of benzene rings is 1. The molecular formula is C14H13BrN2O2S2. The van der Waals surface area contributed by atoms with Crippen LogP contribution in [0.15, 0.2) is 45.1 Å². The number of carbonyl (C=O) groups is 2. The molecule has 0 bridgehead atoms. The maximum Gasteiger partial charge on any atom is 0.279 e. The molecule has 0 aliphatic carbocycles. The van der Waals surface area contributed by atoms with Gasteiger partial charge in [-0.25, -0.2) is 0 Å². The van der Waals surface area contributed by atoms with Crippen LogP contribution in [0.25, 0.3) is 0 Å². The smallest absolute Gasteiger partial charge is 0.272 e. The van der Waals surface area contributed by atoms with Gasteiger partial charge in [-0.2, -0.15) is 0 Å². The molecule has 2 N–H and O–H groups in total. The van der Waals surface area contributed by atoms with Crippen molar-refractivity contribution in [1.29, 1.82) is 0 Å². The van der Waals surface area contributed by atoms with Gasteiger partial charge < -0.3 is 0 Å². The lowest BCUT2D eigenvalue weighted by Crippen LogP contribution is -2.42. The van der Waals surface area contributed by atoms with Crippen molar-refractivity contribution in [3.8, 4) is 0 Å². The number of hydrogen-bond acceptors (Lipinski definition) is 4. The summed E-state index contributed by atoms with van der Waals surface area (Å²) in [5.74, 6) is -0.314. The number of hydrazine groups is 1. The molecule has 2 aromatic rings. The predicted molar refractivity (Wildman–Crippen MR) is 89.5 cm³/mol. The summed E-state index contributed by atoms with van der Waals surface area (Å²) < 4.78 is 0.870. The molecule has 0 aliphatic rings. The zero-order valence-corrected chi connectivity index (χ0v) is 14.4. The number of nitrogens with one attached hydrogen (secondary N) is 2. The summed E-state index contributed by atoms with van der Waals surface area (Å²) in [5.41, 5.74) is 5.94. The highest BCUT2D eigenvalue weighted by Gasteiger charge is 2.10. The van der Waals surface area contributed by atoms with Gasteiger partial charge in [-0.3, -0.25) is 20.4 Å². The van der Waals surface area contributed by atoms with Crippen LogP contribution < -0.4 is 10.9 Å². The normalized spacial score (nSPS) is 10.2. The molecule has 0 saturated heterocycles. The van der Waals surface area contributed by atoms with E-state index in [1.54, 1.807) is 12.1 Å². The molecule has 0 aliphatic heterocycles.